The maximum atomic E-state index is 12.7. The second-order valence-electron chi connectivity index (χ2n) is 4.93. The standard InChI is InChI=1S/C15H14N2O4S2/c1-9-7-11-12(21-15(18)16-11)8-14(9)23(19,20)17-10-5-3-4-6-13(10)22-2/h3-8,17H,1-2H3,(H,16,18). The number of thioether (sulfide) groups is 1. The van der Waals surface area contributed by atoms with Crippen molar-refractivity contribution in [3.63, 3.8) is 0 Å². The molecular weight excluding hydrogens is 336 g/mol. The second-order valence-corrected chi connectivity index (χ2v) is 7.43. The van der Waals surface area contributed by atoms with Gasteiger partial charge >= 0.3 is 5.76 Å². The molecular formula is C15H14N2O4S2. The summed E-state index contributed by atoms with van der Waals surface area (Å²) in [6.45, 7) is 1.67. The number of benzene rings is 2. The van der Waals surface area contributed by atoms with Gasteiger partial charge in [-0.25, -0.2) is 13.2 Å². The lowest BCUT2D eigenvalue weighted by Gasteiger charge is -2.12. The zero-order chi connectivity index (χ0) is 16.6. The van der Waals surface area contributed by atoms with Gasteiger partial charge in [0.05, 0.1) is 16.1 Å². The maximum Gasteiger partial charge on any atom is 0.417 e. The van der Waals surface area contributed by atoms with E-state index in [1.165, 1.54) is 17.8 Å². The summed E-state index contributed by atoms with van der Waals surface area (Å²) in [6.07, 6.45) is 1.87. The third-order valence-electron chi connectivity index (χ3n) is 3.36. The number of anilines is 1. The molecule has 0 aliphatic carbocycles. The molecule has 2 N–H and O–H groups in total. The molecule has 0 saturated carbocycles. The zero-order valence-electron chi connectivity index (χ0n) is 12.4. The third-order valence-corrected chi connectivity index (χ3v) is 5.66. The number of fused-ring (bicyclic) bond motifs is 1. The Bertz CT molecular complexity index is 1040. The number of rotatable bonds is 4. The van der Waals surface area contributed by atoms with Crippen molar-refractivity contribution >= 4 is 38.6 Å². The molecule has 0 aliphatic rings. The molecule has 0 unspecified atom stereocenters. The fraction of sp³-hybridized carbons (Fsp3) is 0.133. The van der Waals surface area contributed by atoms with E-state index in [0.717, 1.165) is 4.90 Å². The van der Waals surface area contributed by atoms with Gasteiger partial charge in [-0.2, -0.15) is 0 Å². The molecule has 0 spiro atoms. The van der Waals surface area contributed by atoms with Crippen molar-refractivity contribution in [1.29, 1.82) is 0 Å². The summed E-state index contributed by atoms with van der Waals surface area (Å²) in [5.74, 6) is -0.616. The Labute approximate surface area is 137 Å². The first kappa shape index (κ1) is 15.7. The number of sulfonamides is 1. The van der Waals surface area contributed by atoms with Crippen LogP contribution in [0.3, 0.4) is 0 Å². The number of oxazole rings is 1. The Morgan fingerprint density at radius 3 is 2.70 bits per heavy atom. The Balaban J connectivity index is 2.09. The molecule has 0 atom stereocenters. The lowest BCUT2D eigenvalue weighted by atomic mass is 10.2. The van der Waals surface area contributed by atoms with Crippen LogP contribution >= 0.6 is 11.8 Å². The molecule has 1 aromatic heterocycles. The minimum Gasteiger partial charge on any atom is -0.408 e. The number of hydrogen-bond donors (Lipinski definition) is 2. The molecule has 3 rings (SSSR count). The highest BCUT2D eigenvalue weighted by atomic mass is 32.2. The van der Waals surface area contributed by atoms with E-state index in [0.29, 0.717) is 16.8 Å². The fourth-order valence-electron chi connectivity index (χ4n) is 2.31. The number of hydrogen-bond acceptors (Lipinski definition) is 5. The molecule has 2 aromatic carbocycles. The van der Waals surface area contributed by atoms with Crippen LogP contribution in [0, 0.1) is 6.92 Å². The molecule has 0 radical (unpaired) electrons. The highest BCUT2D eigenvalue weighted by molar-refractivity contribution is 7.99. The Morgan fingerprint density at radius 2 is 1.96 bits per heavy atom. The average Bonchev–Trinajstić information content (AvgIpc) is 2.85. The van der Waals surface area contributed by atoms with E-state index < -0.39 is 15.8 Å². The van der Waals surface area contributed by atoms with Gasteiger partial charge in [0.1, 0.15) is 0 Å². The van der Waals surface area contributed by atoms with E-state index in [9.17, 15) is 13.2 Å². The van der Waals surface area contributed by atoms with E-state index in [2.05, 4.69) is 9.71 Å². The number of aryl methyl sites for hydroxylation is 1. The second kappa shape index (κ2) is 5.78. The topological polar surface area (TPSA) is 92.2 Å². The SMILES string of the molecule is CSc1ccccc1NS(=O)(=O)c1cc2oc(=O)[nH]c2cc1C. The van der Waals surface area contributed by atoms with Crippen LogP contribution in [0.25, 0.3) is 11.1 Å². The highest BCUT2D eigenvalue weighted by Gasteiger charge is 2.20. The van der Waals surface area contributed by atoms with Crippen molar-refractivity contribution < 1.29 is 12.8 Å². The predicted molar refractivity (Wildman–Crippen MR) is 90.6 cm³/mol. The summed E-state index contributed by atoms with van der Waals surface area (Å²) >= 11 is 1.45. The largest absolute Gasteiger partial charge is 0.417 e. The summed E-state index contributed by atoms with van der Waals surface area (Å²) < 4.78 is 32.9. The first-order chi connectivity index (χ1) is 10.9. The van der Waals surface area contributed by atoms with Crippen LogP contribution in [0.5, 0.6) is 0 Å². The lowest BCUT2D eigenvalue weighted by molar-refractivity contribution is 0.554. The van der Waals surface area contributed by atoms with Gasteiger partial charge in [0.15, 0.2) is 5.58 Å². The van der Waals surface area contributed by atoms with Crippen molar-refractivity contribution in [3.8, 4) is 0 Å². The van der Waals surface area contributed by atoms with Crippen molar-refractivity contribution in [2.45, 2.75) is 16.7 Å². The smallest absolute Gasteiger partial charge is 0.408 e. The molecule has 6 nitrogen and oxygen atoms in total. The van der Waals surface area contributed by atoms with E-state index in [-0.39, 0.29) is 10.5 Å². The molecule has 120 valence electrons. The van der Waals surface area contributed by atoms with Crippen LogP contribution in [0.15, 0.2) is 55.4 Å². The molecule has 1 heterocycles. The average molecular weight is 350 g/mol. The van der Waals surface area contributed by atoms with Crippen molar-refractivity contribution in [2.24, 2.45) is 0 Å². The van der Waals surface area contributed by atoms with Gasteiger partial charge in [0.2, 0.25) is 0 Å². The Morgan fingerprint density at radius 1 is 1.22 bits per heavy atom. The summed E-state index contributed by atoms with van der Waals surface area (Å²) in [6, 6.07) is 10.1. The van der Waals surface area contributed by atoms with Crippen LogP contribution in [0.2, 0.25) is 0 Å². The van der Waals surface area contributed by atoms with Crippen LogP contribution < -0.4 is 10.5 Å². The lowest BCUT2D eigenvalue weighted by Crippen LogP contribution is -2.14. The first-order valence-electron chi connectivity index (χ1n) is 6.70. The van der Waals surface area contributed by atoms with Gasteiger partial charge < -0.3 is 4.42 Å². The summed E-state index contributed by atoms with van der Waals surface area (Å²) in [5, 5.41) is 0. The summed E-state index contributed by atoms with van der Waals surface area (Å²) in [4.78, 5) is 14.6. The minimum atomic E-state index is -3.80. The zero-order valence-corrected chi connectivity index (χ0v) is 14.0. The number of nitrogens with one attached hydrogen (secondary N) is 2. The molecule has 23 heavy (non-hydrogen) atoms. The number of aromatic nitrogens is 1. The van der Waals surface area contributed by atoms with Gasteiger partial charge in [-0.05, 0) is 36.9 Å². The molecule has 0 fully saturated rings. The normalized spacial score (nSPS) is 11.7. The van der Waals surface area contributed by atoms with Crippen LogP contribution in [0.1, 0.15) is 5.56 Å². The monoisotopic (exact) mass is 350 g/mol. The van der Waals surface area contributed by atoms with Crippen LogP contribution in [-0.4, -0.2) is 19.7 Å². The first-order valence-corrected chi connectivity index (χ1v) is 9.41. The van der Waals surface area contributed by atoms with E-state index in [1.807, 2.05) is 18.4 Å². The van der Waals surface area contributed by atoms with E-state index >= 15 is 0 Å². The summed E-state index contributed by atoms with van der Waals surface area (Å²) in [5.41, 5.74) is 1.70. The van der Waals surface area contributed by atoms with Crippen LogP contribution in [-0.2, 0) is 10.0 Å². The molecule has 8 heteroatoms. The Hall–Kier alpha value is -2.19. The van der Waals surface area contributed by atoms with Gasteiger partial charge in [-0.15, -0.1) is 11.8 Å². The number of para-hydroxylation sites is 1. The van der Waals surface area contributed by atoms with E-state index in [1.54, 1.807) is 25.1 Å². The van der Waals surface area contributed by atoms with Gasteiger partial charge in [-0.3, -0.25) is 9.71 Å². The van der Waals surface area contributed by atoms with Gasteiger partial charge in [0, 0.05) is 11.0 Å². The van der Waals surface area contributed by atoms with Crippen molar-refractivity contribution in [3.05, 3.63) is 52.5 Å². The maximum absolute atomic E-state index is 12.7. The number of H-pyrrole nitrogens is 1. The molecule has 3 aromatic rings. The molecule has 0 saturated heterocycles. The van der Waals surface area contributed by atoms with Crippen LogP contribution in [0.4, 0.5) is 5.69 Å². The molecule has 0 bridgehead atoms. The predicted octanol–water partition coefficient (Wildman–Crippen LogP) is 2.95. The van der Waals surface area contributed by atoms with Crippen molar-refractivity contribution in [1.82, 2.24) is 4.98 Å². The summed E-state index contributed by atoms with van der Waals surface area (Å²) in [7, 11) is -3.80. The van der Waals surface area contributed by atoms with Crippen molar-refractivity contribution in [2.75, 3.05) is 11.0 Å². The van der Waals surface area contributed by atoms with E-state index in [4.69, 9.17) is 4.42 Å². The van der Waals surface area contributed by atoms with Gasteiger partial charge in [0.25, 0.3) is 10.0 Å². The quantitative estimate of drug-likeness (QED) is 0.706. The molecule has 0 aliphatic heterocycles. The third kappa shape index (κ3) is 2.99. The highest BCUT2D eigenvalue weighted by Crippen LogP contribution is 2.29. The fourth-order valence-corrected chi connectivity index (χ4v) is 4.25. The van der Waals surface area contributed by atoms with Gasteiger partial charge in [-0.1, -0.05) is 12.1 Å². The Kier molecular flexibility index (Phi) is 3.95. The number of aromatic amines is 1. The molecule has 0 amide bonds. The minimum absolute atomic E-state index is 0.0728.